The van der Waals surface area contributed by atoms with E-state index >= 15 is 0 Å². The summed E-state index contributed by atoms with van der Waals surface area (Å²) in [6.45, 7) is 1.27. The Kier molecular flexibility index (Phi) is 3.78. The molecule has 7 heteroatoms. The number of ether oxygens (including phenoxy) is 1. The molecule has 0 atom stereocenters. The summed E-state index contributed by atoms with van der Waals surface area (Å²) in [6.07, 6.45) is 1.64. The van der Waals surface area contributed by atoms with Crippen LogP contribution in [0, 0.1) is 0 Å². The lowest BCUT2D eigenvalue weighted by Crippen LogP contribution is -2.38. The SMILES string of the molecule is O=C(O)c1cn2c(n1)N(C(=O)OCc1ccccc1)CCC2. The fraction of sp³-hybridized carbons (Fsp3) is 0.267. The number of amides is 1. The molecule has 1 aromatic carbocycles. The number of hydrogen-bond donors (Lipinski definition) is 1. The highest BCUT2D eigenvalue weighted by molar-refractivity contribution is 5.89. The zero-order valence-corrected chi connectivity index (χ0v) is 11.8. The van der Waals surface area contributed by atoms with Crippen LogP contribution >= 0.6 is 0 Å². The third-order valence-electron chi connectivity index (χ3n) is 3.42. The summed E-state index contributed by atoms with van der Waals surface area (Å²) in [5.74, 6) is -0.791. The monoisotopic (exact) mass is 301 g/mol. The number of carboxylic acid groups (broad SMARTS) is 1. The zero-order chi connectivity index (χ0) is 15.5. The van der Waals surface area contributed by atoms with Gasteiger partial charge in [-0.15, -0.1) is 0 Å². The van der Waals surface area contributed by atoms with Crippen molar-refractivity contribution in [3.63, 3.8) is 0 Å². The molecule has 1 amide bonds. The third kappa shape index (κ3) is 2.78. The van der Waals surface area contributed by atoms with Gasteiger partial charge in [0.15, 0.2) is 5.69 Å². The number of anilines is 1. The minimum absolute atomic E-state index is 0.0715. The summed E-state index contributed by atoms with van der Waals surface area (Å²) >= 11 is 0. The van der Waals surface area contributed by atoms with Crippen LogP contribution in [0.5, 0.6) is 0 Å². The average molecular weight is 301 g/mol. The number of aromatic carboxylic acids is 1. The van der Waals surface area contributed by atoms with E-state index in [9.17, 15) is 9.59 Å². The Morgan fingerprint density at radius 2 is 2.00 bits per heavy atom. The van der Waals surface area contributed by atoms with Crippen molar-refractivity contribution in [2.24, 2.45) is 0 Å². The number of benzene rings is 1. The normalized spacial score (nSPS) is 13.5. The van der Waals surface area contributed by atoms with Gasteiger partial charge in [-0.1, -0.05) is 30.3 Å². The first kappa shape index (κ1) is 14.1. The molecule has 0 aliphatic carbocycles. The van der Waals surface area contributed by atoms with E-state index in [1.807, 2.05) is 30.3 Å². The van der Waals surface area contributed by atoms with E-state index in [4.69, 9.17) is 9.84 Å². The topological polar surface area (TPSA) is 84.7 Å². The fourth-order valence-electron chi connectivity index (χ4n) is 2.36. The molecule has 1 aliphatic rings. The molecule has 0 saturated carbocycles. The maximum absolute atomic E-state index is 12.2. The minimum Gasteiger partial charge on any atom is -0.476 e. The van der Waals surface area contributed by atoms with Crippen molar-refractivity contribution in [1.29, 1.82) is 0 Å². The zero-order valence-electron chi connectivity index (χ0n) is 11.8. The van der Waals surface area contributed by atoms with Crippen LogP contribution in [0.1, 0.15) is 22.5 Å². The van der Waals surface area contributed by atoms with Crippen LogP contribution in [0.25, 0.3) is 0 Å². The number of aromatic nitrogens is 2. The molecule has 0 bridgehead atoms. The first-order valence-corrected chi connectivity index (χ1v) is 6.94. The molecule has 7 nitrogen and oxygen atoms in total. The van der Waals surface area contributed by atoms with Crippen molar-refractivity contribution in [2.45, 2.75) is 19.6 Å². The minimum atomic E-state index is -1.11. The number of rotatable bonds is 3. The fourth-order valence-corrected chi connectivity index (χ4v) is 2.36. The predicted octanol–water partition coefficient (Wildman–Crippen LogP) is 2.13. The number of carbonyl (C=O) groups is 2. The molecule has 114 valence electrons. The van der Waals surface area contributed by atoms with E-state index in [0.29, 0.717) is 19.0 Å². The molecule has 1 aromatic heterocycles. The highest BCUT2D eigenvalue weighted by atomic mass is 16.6. The summed E-state index contributed by atoms with van der Waals surface area (Å²) < 4.78 is 6.94. The van der Waals surface area contributed by atoms with E-state index in [0.717, 1.165) is 12.0 Å². The smallest absolute Gasteiger partial charge is 0.416 e. The summed E-state index contributed by atoms with van der Waals surface area (Å²) in [4.78, 5) is 28.6. The number of aryl methyl sites for hydroxylation is 1. The van der Waals surface area contributed by atoms with Crippen LogP contribution in [-0.2, 0) is 17.9 Å². The molecule has 0 saturated heterocycles. The van der Waals surface area contributed by atoms with E-state index < -0.39 is 12.1 Å². The molecule has 0 fully saturated rings. The number of hydrogen-bond acceptors (Lipinski definition) is 4. The van der Waals surface area contributed by atoms with Crippen molar-refractivity contribution < 1.29 is 19.4 Å². The number of fused-ring (bicyclic) bond motifs is 1. The molecule has 1 N–H and O–H groups in total. The maximum atomic E-state index is 12.2. The second-order valence-electron chi connectivity index (χ2n) is 4.97. The molecule has 2 heterocycles. The van der Waals surface area contributed by atoms with Crippen LogP contribution in [0.4, 0.5) is 10.7 Å². The van der Waals surface area contributed by atoms with Gasteiger partial charge >= 0.3 is 12.1 Å². The number of nitrogens with zero attached hydrogens (tertiary/aromatic N) is 3. The van der Waals surface area contributed by atoms with E-state index in [2.05, 4.69) is 4.98 Å². The summed E-state index contributed by atoms with van der Waals surface area (Å²) in [7, 11) is 0. The van der Waals surface area contributed by atoms with Crippen LogP contribution in [-0.4, -0.2) is 33.3 Å². The Balaban J connectivity index is 1.73. The van der Waals surface area contributed by atoms with Gasteiger partial charge in [-0.3, -0.25) is 0 Å². The Morgan fingerprint density at radius 3 is 2.73 bits per heavy atom. The lowest BCUT2D eigenvalue weighted by atomic mass is 10.2. The van der Waals surface area contributed by atoms with Gasteiger partial charge in [0.1, 0.15) is 6.61 Å². The molecule has 1 aliphatic heterocycles. The van der Waals surface area contributed by atoms with Crippen LogP contribution < -0.4 is 4.90 Å². The summed E-state index contributed by atoms with van der Waals surface area (Å²) in [5, 5.41) is 9.00. The van der Waals surface area contributed by atoms with Crippen LogP contribution in [0.15, 0.2) is 36.5 Å². The van der Waals surface area contributed by atoms with Crippen molar-refractivity contribution in [3.05, 3.63) is 47.8 Å². The standard InChI is InChI=1S/C15H15N3O4/c19-13(20)12-9-17-7-4-8-18(14(17)16-12)15(21)22-10-11-5-2-1-3-6-11/h1-3,5-6,9H,4,7-8,10H2,(H,19,20). The van der Waals surface area contributed by atoms with E-state index in [1.54, 1.807) is 4.57 Å². The summed E-state index contributed by atoms with van der Waals surface area (Å²) in [5.41, 5.74) is 0.820. The van der Waals surface area contributed by atoms with Gasteiger partial charge in [0, 0.05) is 19.3 Å². The Hall–Kier alpha value is -2.83. The molecule has 3 rings (SSSR count). The van der Waals surface area contributed by atoms with E-state index in [-0.39, 0.29) is 12.3 Å². The highest BCUT2D eigenvalue weighted by Gasteiger charge is 2.27. The first-order chi connectivity index (χ1) is 10.6. The van der Waals surface area contributed by atoms with Crippen LogP contribution in [0.2, 0.25) is 0 Å². The van der Waals surface area contributed by atoms with Gasteiger partial charge in [0.05, 0.1) is 0 Å². The molecule has 0 spiro atoms. The van der Waals surface area contributed by atoms with E-state index in [1.165, 1.54) is 11.1 Å². The number of carbonyl (C=O) groups excluding carboxylic acids is 1. The van der Waals surface area contributed by atoms with Gasteiger partial charge in [0.2, 0.25) is 5.95 Å². The molecular formula is C15H15N3O4. The van der Waals surface area contributed by atoms with Gasteiger partial charge in [-0.05, 0) is 12.0 Å². The molecule has 22 heavy (non-hydrogen) atoms. The van der Waals surface area contributed by atoms with Gasteiger partial charge < -0.3 is 14.4 Å². The second-order valence-corrected chi connectivity index (χ2v) is 4.97. The first-order valence-electron chi connectivity index (χ1n) is 6.94. The third-order valence-corrected chi connectivity index (χ3v) is 3.42. The molecule has 0 radical (unpaired) electrons. The molecule has 0 unspecified atom stereocenters. The average Bonchev–Trinajstić information content (AvgIpc) is 2.98. The Bertz CT molecular complexity index is 696. The van der Waals surface area contributed by atoms with Gasteiger partial charge in [-0.25, -0.2) is 19.5 Å². The lowest BCUT2D eigenvalue weighted by molar-refractivity contribution is 0.0691. The van der Waals surface area contributed by atoms with Crippen molar-refractivity contribution >= 4 is 18.0 Å². The molecular weight excluding hydrogens is 286 g/mol. The maximum Gasteiger partial charge on any atom is 0.416 e. The Labute approximate surface area is 126 Å². The van der Waals surface area contributed by atoms with Gasteiger partial charge in [0.25, 0.3) is 0 Å². The highest BCUT2D eigenvalue weighted by Crippen LogP contribution is 2.21. The van der Waals surface area contributed by atoms with Crippen molar-refractivity contribution in [1.82, 2.24) is 9.55 Å². The lowest BCUT2D eigenvalue weighted by Gasteiger charge is -2.26. The summed E-state index contributed by atoms with van der Waals surface area (Å²) in [6, 6.07) is 9.37. The quantitative estimate of drug-likeness (QED) is 0.938. The van der Waals surface area contributed by atoms with Crippen molar-refractivity contribution in [2.75, 3.05) is 11.4 Å². The van der Waals surface area contributed by atoms with Crippen molar-refractivity contribution in [3.8, 4) is 0 Å². The van der Waals surface area contributed by atoms with Crippen LogP contribution in [0.3, 0.4) is 0 Å². The van der Waals surface area contributed by atoms with Gasteiger partial charge in [-0.2, -0.15) is 0 Å². The predicted molar refractivity (Wildman–Crippen MR) is 77.8 cm³/mol. The molecule has 2 aromatic rings. The largest absolute Gasteiger partial charge is 0.476 e. The number of imidazole rings is 1. The number of carboxylic acids is 1. The second kappa shape index (κ2) is 5.88. The Morgan fingerprint density at radius 1 is 1.23 bits per heavy atom.